The molecular weight excluding hydrogens is 340 g/mol. The summed E-state index contributed by atoms with van der Waals surface area (Å²) in [6.07, 6.45) is -1.73. The summed E-state index contributed by atoms with van der Waals surface area (Å²) in [6.45, 7) is 1.19. The van der Waals surface area contributed by atoms with Gasteiger partial charge in [0.2, 0.25) is 10.0 Å². The first kappa shape index (κ1) is 17.8. The van der Waals surface area contributed by atoms with Crippen molar-refractivity contribution in [1.82, 2.24) is 14.8 Å². The van der Waals surface area contributed by atoms with Crippen LogP contribution in [-0.4, -0.2) is 65.4 Å². The number of hydrogen-bond donors (Lipinski definition) is 3. The van der Waals surface area contributed by atoms with Crippen LogP contribution < -0.4 is 5.43 Å². The quantitative estimate of drug-likeness (QED) is 0.508. The molecule has 1 aromatic rings. The van der Waals surface area contributed by atoms with Crippen molar-refractivity contribution in [3.8, 4) is 0 Å². The third-order valence-electron chi connectivity index (χ3n) is 3.68. The smallest absolute Gasteiger partial charge is 0.432 e. The first-order valence-corrected chi connectivity index (χ1v) is 8.10. The fraction of sp³-hybridized carbons (Fsp3) is 0.308. The Kier molecular flexibility index (Phi) is 4.35. The lowest BCUT2D eigenvalue weighted by atomic mass is 9.90. The number of benzene rings is 1. The van der Waals surface area contributed by atoms with Crippen molar-refractivity contribution >= 4 is 27.7 Å². The molecule has 11 heteroatoms. The number of nitrogens with zero attached hydrogens (tertiary/aromatic N) is 3. The van der Waals surface area contributed by atoms with Gasteiger partial charge in [-0.2, -0.15) is 10.2 Å². The zero-order valence-electron chi connectivity index (χ0n) is 13.1. The largest absolute Gasteiger partial charge is 0.463 e. The molecular formula is C13H16N4O6S. The van der Waals surface area contributed by atoms with Gasteiger partial charge in [0.1, 0.15) is 5.71 Å². The Morgan fingerprint density at radius 1 is 1.25 bits per heavy atom. The summed E-state index contributed by atoms with van der Waals surface area (Å²) in [6, 6.07) is 5.37. The standard InChI is InChI=1S/C13H16N4O6S/c1-13(17(21)12(19)20)10(14-15-11(13)18)8-4-6-9(7-5-8)24(22,23)16(2)3/h4-7,21H,1-3H3,(H,15,18)(H,19,20). The lowest BCUT2D eigenvalue weighted by Gasteiger charge is -2.29. The lowest BCUT2D eigenvalue weighted by molar-refractivity contribution is -0.148. The van der Waals surface area contributed by atoms with Crippen LogP contribution in [0.25, 0.3) is 0 Å². The van der Waals surface area contributed by atoms with Gasteiger partial charge in [-0.05, 0) is 19.1 Å². The molecule has 0 aliphatic carbocycles. The molecule has 1 unspecified atom stereocenters. The maximum Gasteiger partial charge on any atom is 0.432 e. The molecule has 24 heavy (non-hydrogen) atoms. The summed E-state index contributed by atoms with van der Waals surface area (Å²) < 4.78 is 25.1. The van der Waals surface area contributed by atoms with Crippen LogP contribution in [0.3, 0.4) is 0 Å². The summed E-state index contributed by atoms with van der Waals surface area (Å²) in [7, 11) is -0.851. The molecule has 1 atom stereocenters. The zero-order chi connectivity index (χ0) is 18.3. The van der Waals surface area contributed by atoms with Gasteiger partial charge >= 0.3 is 6.09 Å². The minimum atomic E-state index is -3.63. The average Bonchev–Trinajstić information content (AvgIpc) is 2.83. The Hall–Kier alpha value is -2.50. The molecule has 130 valence electrons. The Bertz CT molecular complexity index is 817. The number of rotatable bonds is 4. The molecule has 1 aliphatic rings. The van der Waals surface area contributed by atoms with Crippen LogP contribution in [0.1, 0.15) is 12.5 Å². The van der Waals surface area contributed by atoms with Crippen LogP contribution in [0.4, 0.5) is 4.79 Å². The molecule has 3 N–H and O–H groups in total. The predicted octanol–water partition coefficient (Wildman–Crippen LogP) is -0.101. The fourth-order valence-electron chi connectivity index (χ4n) is 2.16. The van der Waals surface area contributed by atoms with E-state index in [0.29, 0.717) is 0 Å². The van der Waals surface area contributed by atoms with Crippen molar-refractivity contribution < 1.29 is 28.3 Å². The van der Waals surface area contributed by atoms with Gasteiger partial charge in [0.05, 0.1) is 4.90 Å². The maximum absolute atomic E-state index is 12.0. The van der Waals surface area contributed by atoms with Crippen LogP contribution in [0.5, 0.6) is 0 Å². The molecule has 1 heterocycles. The zero-order valence-corrected chi connectivity index (χ0v) is 13.9. The van der Waals surface area contributed by atoms with Crippen LogP contribution in [0.15, 0.2) is 34.3 Å². The van der Waals surface area contributed by atoms with E-state index in [0.717, 1.165) is 4.31 Å². The number of sulfonamides is 1. The third kappa shape index (κ3) is 2.62. The Labute approximate surface area is 138 Å². The van der Waals surface area contributed by atoms with Crippen molar-refractivity contribution in [2.45, 2.75) is 17.4 Å². The molecule has 0 saturated heterocycles. The van der Waals surface area contributed by atoms with Crippen LogP contribution in [-0.2, 0) is 14.8 Å². The second-order valence-electron chi connectivity index (χ2n) is 5.38. The Balaban J connectivity index is 2.45. The summed E-state index contributed by atoms with van der Waals surface area (Å²) in [5, 5.41) is 22.3. The number of amides is 2. The number of nitrogens with one attached hydrogen (secondary N) is 1. The summed E-state index contributed by atoms with van der Waals surface area (Å²) in [5.41, 5.74) is 0.401. The molecule has 0 fully saturated rings. The predicted molar refractivity (Wildman–Crippen MR) is 82.0 cm³/mol. The minimum Gasteiger partial charge on any atom is -0.463 e. The molecule has 0 radical (unpaired) electrons. The van der Waals surface area contributed by atoms with Crippen LogP contribution >= 0.6 is 0 Å². The molecule has 0 spiro atoms. The maximum atomic E-state index is 12.0. The Morgan fingerprint density at radius 3 is 2.25 bits per heavy atom. The summed E-state index contributed by atoms with van der Waals surface area (Å²) >= 11 is 0. The Morgan fingerprint density at radius 2 is 1.79 bits per heavy atom. The molecule has 0 aromatic heterocycles. The van der Waals surface area contributed by atoms with E-state index in [9.17, 15) is 23.2 Å². The van der Waals surface area contributed by atoms with E-state index >= 15 is 0 Å². The molecule has 10 nitrogen and oxygen atoms in total. The van der Waals surface area contributed by atoms with Gasteiger partial charge in [0.25, 0.3) is 5.91 Å². The van der Waals surface area contributed by atoms with Gasteiger partial charge in [-0.3, -0.25) is 10.0 Å². The fourth-order valence-corrected chi connectivity index (χ4v) is 3.06. The monoisotopic (exact) mass is 356 g/mol. The van der Waals surface area contributed by atoms with Crippen LogP contribution in [0, 0.1) is 0 Å². The second-order valence-corrected chi connectivity index (χ2v) is 7.53. The van der Waals surface area contributed by atoms with E-state index in [1.165, 1.54) is 45.3 Å². The number of carbonyl (C=O) groups is 2. The van der Waals surface area contributed by atoms with Gasteiger partial charge in [0.15, 0.2) is 5.54 Å². The van der Waals surface area contributed by atoms with E-state index in [1.54, 1.807) is 0 Å². The van der Waals surface area contributed by atoms with Gasteiger partial charge in [-0.25, -0.2) is 22.9 Å². The van der Waals surface area contributed by atoms with E-state index in [4.69, 9.17) is 5.11 Å². The van der Waals surface area contributed by atoms with Crippen molar-refractivity contribution in [2.24, 2.45) is 5.10 Å². The molecule has 1 aromatic carbocycles. The SMILES string of the molecule is CN(C)S(=O)(=O)c1ccc(C2=NNC(=O)C2(C)N(O)C(=O)O)cc1. The van der Waals surface area contributed by atoms with E-state index in [1.807, 2.05) is 0 Å². The highest BCUT2D eigenvalue weighted by Crippen LogP contribution is 2.26. The molecule has 1 aliphatic heterocycles. The number of hydroxylamine groups is 2. The molecule has 0 bridgehead atoms. The van der Waals surface area contributed by atoms with Gasteiger partial charge in [-0.15, -0.1) is 0 Å². The van der Waals surface area contributed by atoms with Crippen molar-refractivity contribution in [2.75, 3.05) is 14.1 Å². The van der Waals surface area contributed by atoms with Gasteiger partial charge in [0, 0.05) is 19.7 Å². The highest BCUT2D eigenvalue weighted by Gasteiger charge is 2.51. The van der Waals surface area contributed by atoms with E-state index < -0.39 is 27.6 Å². The highest BCUT2D eigenvalue weighted by molar-refractivity contribution is 7.89. The minimum absolute atomic E-state index is 0.0231. The number of hydrogen-bond acceptors (Lipinski definition) is 6. The number of hydrazone groups is 1. The van der Waals surface area contributed by atoms with E-state index in [2.05, 4.69) is 10.5 Å². The van der Waals surface area contributed by atoms with E-state index in [-0.39, 0.29) is 21.2 Å². The number of carboxylic acid groups (broad SMARTS) is 1. The average molecular weight is 356 g/mol. The highest BCUT2D eigenvalue weighted by atomic mass is 32.2. The molecule has 2 rings (SSSR count). The van der Waals surface area contributed by atoms with Crippen LogP contribution in [0.2, 0.25) is 0 Å². The first-order valence-electron chi connectivity index (χ1n) is 6.66. The second kappa shape index (κ2) is 5.85. The topological polar surface area (TPSA) is 140 Å². The lowest BCUT2D eigenvalue weighted by Crippen LogP contribution is -2.57. The number of carbonyl (C=O) groups excluding carboxylic acids is 1. The summed E-state index contributed by atoms with van der Waals surface area (Å²) in [5.74, 6) is -0.826. The van der Waals surface area contributed by atoms with Crippen molar-refractivity contribution in [3.63, 3.8) is 0 Å². The van der Waals surface area contributed by atoms with Crippen molar-refractivity contribution in [3.05, 3.63) is 29.8 Å². The summed E-state index contributed by atoms with van der Waals surface area (Å²) in [4.78, 5) is 23.0. The van der Waals surface area contributed by atoms with Gasteiger partial charge in [-0.1, -0.05) is 12.1 Å². The molecule has 0 saturated carbocycles. The normalized spacial score (nSPS) is 20.7. The van der Waals surface area contributed by atoms with Crippen molar-refractivity contribution in [1.29, 1.82) is 0 Å². The first-order chi connectivity index (χ1) is 11.0. The molecule has 2 amide bonds. The third-order valence-corrected chi connectivity index (χ3v) is 5.51. The van der Waals surface area contributed by atoms with Gasteiger partial charge < -0.3 is 5.11 Å².